The van der Waals surface area contributed by atoms with Crippen LogP contribution in [0.5, 0.6) is 5.75 Å². The van der Waals surface area contributed by atoms with E-state index in [1.165, 1.54) is 0 Å². The highest BCUT2D eigenvalue weighted by Gasteiger charge is 2.42. The van der Waals surface area contributed by atoms with E-state index in [1.807, 2.05) is 84.9 Å². The van der Waals surface area contributed by atoms with Crippen molar-refractivity contribution in [3.05, 3.63) is 96.1 Å². The van der Waals surface area contributed by atoms with Crippen LogP contribution in [0.3, 0.4) is 0 Å². The molecular weight excluding hydrogens is 286 g/mol. The molecule has 1 aliphatic heterocycles. The molecule has 1 heterocycles. The minimum absolute atomic E-state index is 0.489. The van der Waals surface area contributed by atoms with Gasteiger partial charge in [0.25, 0.3) is 5.79 Å². The van der Waals surface area contributed by atoms with Crippen LogP contribution in [0.15, 0.2) is 89.9 Å². The molecule has 4 rings (SSSR count). The van der Waals surface area contributed by atoms with Crippen molar-refractivity contribution in [3.63, 3.8) is 0 Å². The number of rotatable bonds is 2. The van der Waals surface area contributed by atoms with E-state index in [0.717, 1.165) is 5.56 Å². The molecule has 1 N–H and O–H groups in total. The van der Waals surface area contributed by atoms with Gasteiger partial charge in [-0.3, -0.25) is 0 Å². The summed E-state index contributed by atoms with van der Waals surface area (Å²) in [4.78, 5) is 4.69. The van der Waals surface area contributed by atoms with Gasteiger partial charge in [0, 0.05) is 11.1 Å². The Morgan fingerprint density at radius 3 is 2.09 bits per heavy atom. The Hall–Kier alpha value is -2.91. The second-order valence-electron chi connectivity index (χ2n) is 5.41. The van der Waals surface area contributed by atoms with Crippen molar-refractivity contribution in [2.45, 2.75) is 5.79 Å². The zero-order valence-electron chi connectivity index (χ0n) is 12.4. The van der Waals surface area contributed by atoms with Crippen LogP contribution in [0.1, 0.15) is 11.1 Å². The van der Waals surface area contributed by atoms with E-state index in [0.29, 0.717) is 22.7 Å². The summed E-state index contributed by atoms with van der Waals surface area (Å²) in [6, 6.07) is 26.4. The topological polar surface area (TPSA) is 41.8 Å². The van der Waals surface area contributed by atoms with Crippen LogP contribution in [0.2, 0.25) is 0 Å². The van der Waals surface area contributed by atoms with Crippen LogP contribution in [-0.4, -0.2) is 10.8 Å². The fourth-order valence-electron chi connectivity index (χ4n) is 2.76. The van der Waals surface area contributed by atoms with Crippen LogP contribution in [0.25, 0.3) is 0 Å². The van der Waals surface area contributed by atoms with E-state index in [2.05, 4.69) is 4.99 Å². The van der Waals surface area contributed by atoms with Crippen LogP contribution in [0.4, 0.5) is 5.69 Å². The van der Waals surface area contributed by atoms with E-state index in [-0.39, 0.29) is 0 Å². The highest BCUT2D eigenvalue weighted by Crippen LogP contribution is 2.40. The maximum absolute atomic E-state index is 11.3. The van der Waals surface area contributed by atoms with Gasteiger partial charge in [-0.2, -0.15) is 0 Å². The van der Waals surface area contributed by atoms with E-state index >= 15 is 0 Å². The van der Waals surface area contributed by atoms with Gasteiger partial charge in [0.05, 0.1) is 0 Å². The van der Waals surface area contributed by atoms with Crippen molar-refractivity contribution < 1.29 is 9.84 Å². The molecule has 1 aliphatic rings. The van der Waals surface area contributed by atoms with Gasteiger partial charge in [-0.25, -0.2) is 4.99 Å². The Bertz CT molecular complexity index is 859. The summed E-state index contributed by atoms with van der Waals surface area (Å²) in [5, 5.41) is 11.3. The second kappa shape index (κ2) is 5.38. The van der Waals surface area contributed by atoms with Crippen molar-refractivity contribution in [2.24, 2.45) is 4.99 Å². The van der Waals surface area contributed by atoms with Gasteiger partial charge in [0.1, 0.15) is 17.1 Å². The molecule has 0 unspecified atom stereocenters. The van der Waals surface area contributed by atoms with E-state index in [1.54, 1.807) is 0 Å². The SMILES string of the molecule is O[C@@]1(c2ccccc2)Oc2ccccc2N=C1c1ccccc1. The van der Waals surface area contributed by atoms with Crippen LogP contribution in [-0.2, 0) is 5.79 Å². The number of ether oxygens (including phenoxy) is 1. The number of aliphatic hydroxyl groups is 1. The standard InChI is InChI=1S/C20H15NO2/c22-20(16-11-5-2-6-12-16)19(15-9-3-1-4-10-15)21-17-13-7-8-14-18(17)23-20/h1-14,22H/t20-/m0/s1. The van der Waals surface area contributed by atoms with E-state index < -0.39 is 5.79 Å². The molecule has 3 nitrogen and oxygen atoms in total. The maximum Gasteiger partial charge on any atom is 0.279 e. The Morgan fingerprint density at radius 2 is 1.35 bits per heavy atom. The Balaban J connectivity index is 1.95. The van der Waals surface area contributed by atoms with Gasteiger partial charge >= 0.3 is 0 Å². The average molecular weight is 301 g/mol. The fourth-order valence-corrected chi connectivity index (χ4v) is 2.76. The third kappa shape index (κ3) is 2.31. The molecule has 3 heteroatoms. The van der Waals surface area contributed by atoms with Gasteiger partial charge in [-0.1, -0.05) is 72.8 Å². The number of nitrogens with zero attached hydrogens (tertiary/aromatic N) is 1. The Labute approximate surface area is 134 Å². The lowest BCUT2D eigenvalue weighted by Gasteiger charge is -2.34. The lowest BCUT2D eigenvalue weighted by atomic mass is 9.94. The molecule has 0 bridgehead atoms. The molecule has 0 aliphatic carbocycles. The number of benzene rings is 3. The Kier molecular flexibility index (Phi) is 3.21. The second-order valence-corrected chi connectivity index (χ2v) is 5.41. The molecule has 0 fully saturated rings. The zero-order chi connectivity index (χ0) is 15.7. The fraction of sp³-hybridized carbons (Fsp3) is 0.0500. The highest BCUT2D eigenvalue weighted by atomic mass is 16.6. The molecular formula is C20H15NO2. The van der Waals surface area contributed by atoms with Crippen molar-refractivity contribution in [2.75, 3.05) is 0 Å². The summed E-state index contributed by atoms with van der Waals surface area (Å²) >= 11 is 0. The summed E-state index contributed by atoms with van der Waals surface area (Å²) in [6.45, 7) is 0. The summed E-state index contributed by atoms with van der Waals surface area (Å²) in [6.07, 6.45) is 0. The summed E-state index contributed by atoms with van der Waals surface area (Å²) in [7, 11) is 0. The van der Waals surface area contributed by atoms with Crippen molar-refractivity contribution >= 4 is 11.4 Å². The predicted molar refractivity (Wildman–Crippen MR) is 90.0 cm³/mol. The number of para-hydroxylation sites is 2. The zero-order valence-corrected chi connectivity index (χ0v) is 12.4. The first-order valence-electron chi connectivity index (χ1n) is 7.48. The summed E-state index contributed by atoms with van der Waals surface area (Å²) in [5.74, 6) is -1.05. The predicted octanol–water partition coefficient (Wildman–Crippen LogP) is 4.05. The van der Waals surface area contributed by atoms with Crippen molar-refractivity contribution in [1.82, 2.24) is 0 Å². The van der Waals surface area contributed by atoms with Crippen molar-refractivity contribution in [1.29, 1.82) is 0 Å². The first-order valence-corrected chi connectivity index (χ1v) is 7.48. The average Bonchev–Trinajstić information content (AvgIpc) is 2.62. The van der Waals surface area contributed by atoms with Gasteiger partial charge in [-0.05, 0) is 12.1 Å². The van der Waals surface area contributed by atoms with Gasteiger partial charge in [0.15, 0.2) is 0 Å². The number of fused-ring (bicyclic) bond motifs is 1. The van der Waals surface area contributed by atoms with Gasteiger partial charge in [0.2, 0.25) is 0 Å². The van der Waals surface area contributed by atoms with E-state index in [4.69, 9.17) is 4.74 Å². The van der Waals surface area contributed by atoms with Gasteiger partial charge in [-0.15, -0.1) is 0 Å². The smallest absolute Gasteiger partial charge is 0.279 e. The molecule has 3 aromatic rings. The molecule has 23 heavy (non-hydrogen) atoms. The molecule has 112 valence electrons. The summed E-state index contributed by atoms with van der Waals surface area (Å²) in [5.41, 5.74) is 2.68. The minimum atomic E-state index is -1.61. The molecule has 1 atom stereocenters. The number of hydrogen-bond acceptors (Lipinski definition) is 3. The lowest BCUT2D eigenvalue weighted by Crippen LogP contribution is -2.43. The molecule has 3 aromatic carbocycles. The van der Waals surface area contributed by atoms with Crippen LogP contribution < -0.4 is 4.74 Å². The third-order valence-corrected chi connectivity index (χ3v) is 3.89. The largest absolute Gasteiger partial charge is 0.450 e. The number of hydrogen-bond donors (Lipinski definition) is 1. The quantitative estimate of drug-likeness (QED) is 0.776. The first-order chi connectivity index (χ1) is 11.3. The number of aliphatic imine (C=N–C) groups is 1. The van der Waals surface area contributed by atoms with E-state index in [9.17, 15) is 5.11 Å². The van der Waals surface area contributed by atoms with Crippen LogP contribution in [0, 0.1) is 0 Å². The molecule has 0 spiro atoms. The molecule has 0 aromatic heterocycles. The third-order valence-electron chi connectivity index (χ3n) is 3.89. The minimum Gasteiger partial charge on any atom is -0.450 e. The first kappa shape index (κ1) is 13.7. The summed E-state index contributed by atoms with van der Waals surface area (Å²) < 4.78 is 6.00. The van der Waals surface area contributed by atoms with Crippen molar-refractivity contribution in [3.8, 4) is 5.75 Å². The molecule has 0 amide bonds. The molecule has 0 saturated carbocycles. The highest BCUT2D eigenvalue weighted by molar-refractivity contribution is 6.08. The normalized spacial score (nSPS) is 19.4. The maximum atomic E-state index is 11.3. The van der Waals surface area contributed by atoms with Gasteiger partial charge < -0.3 is 9.84 Å². The molecule has 0 radical (unpaired) electrons. The molecule has 0 saturated heterocycles. The lowest BCUT2D eigenvalue weighted by molar-refractivity contribution is -0.0830. The Morgan fingerprint density at radius 1 is 0.739 bits per heavy atom. The monoisotopic (exact) mass is 301 g/mol. The van der Waals surface area contributed by atoms with Crippen LogP contribution >= 0.6 is 0 Å².